The summed E-state index contributed by atoms with van der Waals surface area (Å²) in [6.07, 6.45) is 1.94. The van der Waals surface area contributed by atoms with Crippen LogP contribution in [-0.4, -0.2) is 17.0 Å². The first kappa shape index (κ1) is 15.3. The van der Waals surface area contributed by atoms with E-state index in [0.29, 0.717) is 0 Å². The molecule has 0 radical (unpaired) electrons. The van der Waals surface area contributed by atoms with Crippen LogP contribution in [0.15, 0.2) is 15.9 Å². The topological polar surface area (TPSA) is 49.8 Å². The van der Waals surface area contributed by atoms with Crippen LogP contribution in [0.3, 0.4) is 0 Å². The fraction of sp³-hybridized carbons (Fsp3) is 0.429. The number of thiophene rings is 1. The zero-order valence-electron chi connectivity index (χ0n) is 12.0. The van der Waals surface area contributed by atoms with Gasteiger partial charge in [-0.15, -0.1) is 11.3 Å². The van der Waals surface area contributed by atoms with Gasteiger partial charge in [0.1, 0.15) is 17.5 Å². The van der Waals surface area contributed by atoms with Crippen LogP contribution in [0.5, 0.6) is 0 Å². The second kappa shape index (κ2) is 7.04. The van der Waals surface area contributed by atoms with Gasteiger partial charge in [-0.3, -0.25) is 0 Å². The molecule has 20 heavy (non-hydrogen) atoms. The summed E-state index contributed by atoms with van der Waals surface area (Å²) in [6.45, 7) is 4.94. The molecule has 0 aliphatic carbocycles. The smallest absolute Gasteiger partial charge is 0.135 e. The number of nitrogens with one attached hydrogen (secondary N) is 2. The molecular formula is C14H19BrN4S. The summed E-state index contributed by atoms with van der Waals surface area (Å²) < 4.78 is 1.14. The standard InChI is InChI=1S/C14H19BrN4S/c1-4-5-12-18-13(16-3)9(2)14(19-12)17-8-11-10(15)6-7-20-11/h6-7H,4-5,8H2,1-3H3,(H2,16,17,18,19). The van der Waals surface area contributed by atoms with Gasteiger partial charge >= 0.3 is 0 Å². The fourth-order valence-corrected chi connectivity index (χ4v) is 3.36. The number of rotatable bonds is 6. The summed E-state index contributed by atoms with van der Waals surface area (Å²) in [4.78, 5) is 10.4. The Morgan fingerprint density at radius 1 is 1.30 bits per heavy atom. The zero-order valence-corrected chi connectivity index (χ0v) is 14.4. The molecule has 0 saturated carbocycles. The van der Waals surface area contributed by atoms with Crippen LogP contribution >= 0.6 is 27.3 Å². The Hall–Kier alpha value is -1.14. The lowest BCUT2D eigenvalue weighted by molar-refractivity contribution is 0.832. The molecule has 2 aromatic heterocycles. The summed E-state index contributed by atoms with van der Waals surface area (Å²) in [5.74, 6) is 2.69. The number of nitrogens with zero attached hydrogens (tertiary/aromatic N) is 2. The van der Waals surface area contributed by atoms with E-state index in [9.17, 15) is 0 Å². The molecule has 0 unspecified atom stereocenters. The van der Waals surface area contributed by atoms with Gasteiger partial charge in [0.25, 0.3) is 0 Å². The predicted octanol–water partition coefficient (Wildman–Crippen LogP) is 4.22. The van der Waals surface area contributed by atoms with E-state index in [1.165, 1.54) is 4.88 Å². The number of hydrogen-bond donors (Lipinski definition) is 2. The minimum atomic E-state index is 0.769. The highest BCUT2D eigenvalue weighted by Crippen LogP contribution is 2.25. The second-order valence-corrected chi connectivity index (χ2v) is 6.36. The van der Waals surface area contributed by atoms with Crippen molar-refractivity contribution in [2.45, 2.75) is 33.2 Å². The number of halogens is 1. The van der Waals surface area contributed by atoms with Crippen LogP contribution in [-0.2, 0) is 13.0 Å². The Morgan fingerprint density at radius 2 is 2.05 bits per heavy atom. The number of aryl methyl sites for hydroxylation is 1. The maximum absolute atomic E-state index is 4.63. The minimum absolute atomic E-state index is 0.769. The van der Waals surface area contributed by atoms with Gasteiger partial charge in [0.05, 0.1) is 6.54 Å². The summed E-state index contributed by atoms with van der Waals surface area (Å²) >= 11 is 5.28. The lowest BCUT2D eigenvalue weighted by atomic mass is 10.2. The van der Waals surface area contributed by atoms with Crippen LogP contribution in [0.4, 0.5) is 11.6 Å². The molecule has 2 aromatic rings. The largest absolute Gasteiger partial charge is 0.373 e. The van der Waals surface area contributed by atoms with E-state index in [4.69, 9.17) is 0 Å². The van der Waals surface area contributed by atoms with E-state index in [-0.39, 0.29) is 0 Å². The average molecular weight is 355 g/mol. The molecule has 2 N–H and O–H groups in total. The Kier molecular flexibility index (Phi) is 5.37. The van der Waals surface area contributed by atoms with Gasteiger partial charge in [-0.2, -0.15) is 0 Å². The number of hydrogen-bond acceptors (Lipinski definition) is 5. The van der Waals surface area contributed by atoms with Crippen molar-refractivity contribution in [2.75, 3.05) is 17.7 Å². The third-order valence-electron chi connectivity index (χ3n) is 3.01. The van der Waals surface area contributed by atoms with Gasteiger partial charge in [0.15, 0.2) is 0 Å². The van der Waals surface area contributed by atoms with Gasteiger partial charge in [0, 0.05) is 28.4 Å². The van der Waals surface area contributed by atoms with Crippen molar-refractivity contribution in [1.82, 2.24) is 9.97 Å². The maximum Gasteiger partial charge on any atom is 0.135 e. The van der Waals surface area contributed by atoms with Gasteiger partial charge in [0.2, 0.25) is 0 Å². The molecule has 2 heterocycles. The zero-order chi connectivity index (χ0) is 14.5. The van der Waals surface area contributed by atoms with Crippen LogP contribution in [0.1, 0.15) is 29.6 Å². The quantitative estimate of drug-likeness (QED) is 0.815. The van der Waals surface area contributed by atoms with Gasteiger partial charge < -0.3 is 10.6 Å². The first-order valence-electron chi connectivity index (χ1n) is 6.66. The Balaban J connectivity index is 2.21. The first-order chi connectivity index (χ1) is 9.65. The minimum Gasteiger partial charge on any atom is -0.373 e. The molecule has 0 aliphatic heterocycles. The third kappa shape index (κ3) is 3.49. The summed E-state index contributed by atoms with van der Waals surface area (Å²) in [7, 11) is 1.89. The van der Waals surface area contributed by atoms with Crippen molar-refractivity contribution in [3.63, 3.8) is 0 Å². The molecule has 108 valence electrons. The predicted molar refractivity (Wildman–Crippen MR) is 89.7 cm³/mol. The van der Waals surface area contributed by atoms with E-state index in [2.05, 4.69) is 54.9 Å². The SMILES string of the molecule is CCCc1nc(NC)c(C)c(NCc2sccc2Br)n1. The molecule has 0 amide bonds. The molecule has 0 bridgehead atoms. The Morgan fingerprint density at radius 3 is 2.65 bits per heavy atom. The molecule has 0 atom stereocenters. The van der Waals surface area contributed by atoms with E-state index >= 15 is 0 Å². The Labute approximate surface area is 132 Å². The molecule has 2 rings (SSSR count). The highest BCUT2D eigenvalue weighted by molar-refractivity contribution is 9.10. The molecule has 0 aliphatic rings. The fourth-order valence-electron chi connectivity index (χ4n) is 1.93. The molecule has 6 heteroatoms. The van der Waals surface area contributed by atoms with Crippen molar-refractivity contribution in [3.05, 3.63) is 32.2 Å². The monoisotopic (exact) mass is 354 g/mol. The van der Waals surface area contributed by atoms with Gasteiger partial charge in [-0.25, -0.2) is 9.97 Å². The molecule has 4 nitrogen and oxygen atoms in total. The molecular weight excluding hydrogens is 336 g/mol. The summed E-state index contributed by atoms with van der Waals surface area (Å²) in [5.41, 5.74) is 1.06. The lowest BCUT2D eigenvalue weighted by Gasteiger charge is -2.13. The average Bonchev–Trinajstić information content (AvgIpc) is 2.84. The lowest BCUT2D eigenvalue weighted by Crippen LogP contribution is -2.09. The molecule has 0 spiro atoms. The second-order valence-electron chi connectivity index (χ2n) is 4.51. The number of anilines is 2. The van der Waals surface area contributed by atoms with Crippen LogP contribution < -0.4 is 10.6 Å². The Bertz CT molecular complexity index is 583. The van der Waals surface area contributed by atoms with E-state index in [1.54, 1.807) is 11.3 Å². The van der Waals surface area contributed by atoms with Crippen molar-refractivity contribution >= 4 is 38.9 Å². The highest BCUT2D eigenvalue weighted by atomic mass is 79.9. The first-order valence-corrected chi connectivity index (χ1v) is 8.34. The van der Waals surface area contributed by atoms with Crippen LogP contribution in [0.25, 0.3) is 0 Å². The van der Waals surface area contributed by atoms with E-state index in [0.717, 1.165) is 46.9 Å². The van der Waals surface area contributed by atoms with E-state index in [1.807, 2.05) is 14.0 Å². The van der Waals surface area contributed by atoms with Gasteiger partial charge in [-0.05, 0) is 40.7 Å². The van der Waals surface area contributed by atoms with Crippen LogP contribution in [0.2, 0.25) is 0 Å². The van der Waals surface area contributed by atoms with Crippen molar-refractivity contribution < 1.29 is 0 Å². The van der Waals surface area contributed by atoms with Crippen LogP contribution in [0, 0.1) is 6.92 Å². The maximum atomic E-state index is 4.63. The number of aromatic nitrogens is 2. The molecule has 0 saturated heterocycles. The molecule has 0 aromatic carbocycles. The normalized spacial score (nSPS) is 10.6. The highest BCUT2D eigenvalue weighted by Gasteiger charge is 2.10. The van der Waals surface area contributed by atoms with Crippen molar-refractivity contribution in [1.29, 1.82) is 0 Å². The summed E-state index contributed by atoms with van der Waals surface area (Å²) in [5, 5.41) is 8.64. The summed E-state index contributed by atoms with van der Waals surface area (Å²) in [6, 6.07) is 2.07. The third-order valence-corrected chi connectivity index (χ3v) is 4.94. The van der Waals surface area contributed by atoms with E-state index < -0.39 is 0 Å². The molecule has 0 fully saturated rings. The van der Waals surface area contributed by atoms with Gasteiger partial charge in [-0.1, -0.05) is 6.92 Å². The van der Waals surface area contributed by atoms with Crippen molar-refractivity contribution in [3.8, 4) is 0 Å². The van der Waals surface area contributed by atoms with Crippen molar-refractivity contribution in [2.24, 2.45) is 0 Å².